The molecule has 1 aromatic carbocycles. The first-order valence-electron chi connectivity index (χ1n) is 6.20. The largest absolute Gasteiger partial charge is 0.480 e. The summed E-state index contributed by atoms with van der Waals surface area (Å²) in [5.41, 5.74) is -1.02. The van der Waals surface area contributed by atoms with Crippen LogP contribution in [0.25, 0.3) is 0 Å². The minimum Gasteiger partial charge on any atom is -0.480 e. The number of nitrogens with one attached hydrogen (secondary N) is 1. The zero-order chi connectivity index (χ0) is 16.2. The van der Waals surface area contributed by atoms with Gasteiger partial charge in [0.15, 0.2) is 0 Å². The third-order valence-corrected chi connectivity index (χ3v) is 3.46. The first kappa shape index (κ1) is 17.0. The van der Waals surface area contributed by atoms with Crippen molar-refractivity contribution < 1.29 is 19.5 Å². The Balaban J connectivity index is 2.65. The van der Waals surface area contributed by atoms with Crippen molar-refractivity contribution >= 4 is 29.4 Å². The molecular formula is C14H17ClN2O4. The molecule has 7 heteroatoms. The maximum Gasteiger partial charge on any atom is 0.329 e. The minimum absolute atomic E-state index is 0.293. The van der Waals surface area contributed by atoms with Crippen LogP contribution in [0, 0.1) is 0 Å². The lowest BCUT2D eigenvalue weighted by Crippen LogP contribution is -2.53. The Morgan fingerprint density at radius 1 is 1.33 bits per heavy atom. The number of rotatable bonds is 5. The molecule has 0 spiro atoms. The van der Waals surface area contributed by atoms with Crippen molar-refractivity contribution in [2.75, 3.05) is 13.6 Å². The summed E-state index contributed by atoms with van der Waals surface area (Å²) in [6.07, 6.45) is 0. The van der Waals surface area contributed by atoms with Crippen LogP contribution in [0.2, 0.25) is 5.02 Å². The van der Waals surface area contributed by atoms with Gasteiger partial charge in [0.05, 0.1) is 6.54 Å². The number of halogens is 1. The highest BCUT2D eigenvalue weighted by Gasteiger charge is 2.35. The van der Waals surface area contributed by atoms with Gasteiger partial charge in [-0.15, -0.1) is 0 Å². The molecule has 21 heavy (non-hydrogen) atoms. The molecule has 0 aromatic heterocycles. The molecule has 0 fully saturated rings. The molecule has 0 aliphatic carbocycles. The monoisotopic (exact) mass is 312 g/mol. The standard InChI is InChI=1S/C14H17ClN2O4/c1-14(2,13(20)21)17(3)11(18)8-16-12(19)9-5-4-6-10(15)7-9/h4-7H,8H2,1-3H3,(H,16,19)(H,20,21). The first-order valence-corrected chi connectivity index (χ1v) is 6.58. The first-order chi connectivity index (χ1) is 9.66. The number of amides is 2. The van der Waals surface area contributed by atoms with Crippen molar-refractivity contribution in [1.82, 2.24) is 10.2 Å². The molecule has 6 nitrogen and oxygen atoms in total. The normalized spacial score (nSPS) is 10.9. The lowest BCUT2D eigenvalue weighted by molar-refractivity contribution is -0.154. The Morgan fingerprint density at radius 3 is 2.48 bits per heavy atom. The second kappa shape index (κ2) is 6.58. The summed E-state index contributed by atoms with van der Waals surface area (Å²) in [5, 5.41) is 11.9. The van der Waals surface area contributed by atoms with Gasteiger partial charge >= 0.3 is 5.97 Å². The SMILES string of the molecule is CN(C(=O)CNC(=O)c1cccc(Cl)c1)C(C)(C)C(=O)O. The highest BCUT2D eigenvalue weighted by Crippen LogP contribution is 2.13. The van der Waals surface area contributed by atoms with Gasteiger partial charge in [-0.2, -0.15) is 0 Å². The number of aliphatic carboxylic acids is 1. The van der Waals surface area contributed by atoms with Crippen LogP contribution in [-0.4, -0.2) is 46.9 Å². The van der Waals surface area contributed by atoms with Crippen molar-refractivity contribution in [3.63, 3.8) is 0 Å². The number of hydrogen-bond donors (Lipinski definition) is 2. The van der Waals surface area contributed by atoms with E-state index in [2.05, 4.69) is 5.32 Å². The van der Waals surface area contributed by atoms with Crippen molar-refractivity contribution in [3.05, 3.63) is 34.9 Å². The Hall–Kier alpha value is -2.08. The Labute approximate surface area is 127 Å². The second-order valence-corrected chi connectivity index (χ2v) is 5.45. The van der Waals surface area contributed by atoms with E-state index >= 15 is 0 Å². The number of likely N-dealkylation sites (N-methyl/N-ethyl adjacent to an activating group) is 1. The molecular weight excluding hydrogens is 296 g/mol. The second-order valence-electron chi connectivity index (χ2n) is 5.01. The van der Waals surface area contributed by atoms with E-state index in [-0.39, 0.29) is 6.54 Å². The van der Waals surface area contributed by atoms with Gasteiger partial charge < -0.3 is 15.3 Å². The van der Waals surface area contributed by atoms with Crippen LogP contribution in [0.1, 0.15) is 24.2 Å². The van der Waals surface area contributed by atoms with Gasteiger partial charge in [0, 0.05) is 17.6 Å². The third kappa shape index (κ3) is 4.19. The number of carboxylic acid groups (broad SMARTS) is 1. The van der Waals surface area contributed by atoms with E-state index in [1.54, 1.807) is 18.2 Å². The molecule has 2 amide bonds. The summed E-state index contributed by atoms with van der Waals surface area (Å²) >= 11 is 5.78. The fraction of sp³-hybridized carbons (Fsp3) is 0.357. The number of nitrogens with zero attached hydrogens (tertiary/aromatic N) is 1. The summed E-state index contributed by atoms with van der Waals surface area (Å²) < 4.78 is 0. The molecule has 1 aromatic rings. The summed E-state index contributed by atoms with van der Waals surface area (Å²) in [6, 6.07) is 6.30. The van der Waals surface area contributed by atoms with Crippen LogP contribution in [0.5, 0.6) is 0 Å². The zero-order valence-electron chi connectivity index (χ0n) is 12.0. The molecule has 0 bridgehead atoms. The van der Waals surface area contributed by atoms with Gasteiger partial charge in [-0.25, -0.2) is 4.79 Å². The average Bonchev–Trinajstić information content (AvgIpc) is 2.43. The van der Waals surface area contributed by atoms with Crippen LogP contribution in [-0.2, 0) is 9.59 Å². The maximum atomic E-state index is 11.9. The molecule has 2 N–H and O–H groups in total. The maximum absolute atomic E-state index is 11.9. The van der Waals surface area contributed by atoms with Crippen LogP contribution in [0.15, 0.2) is 24.3 Å². The van der Waals surface area contributed by atoms with Crippen molar-refractivity contribution in [2.45, 2.75) is 19.4 Å². The summed E-state index contributed by atoms with van der Waals surface area (Å²) in [7, 11) is 1.38. The van der Waals surface area contributed by atoms with E-state index in [9.17, 15) is 14.4 Å². The predicted octanol–water partition coefficient (Wildman–Crippen LogP) is 1.39. The van der Waals surface area contributed by atoms with Crippen molar-refractivity contribution in [1.29, 1.82) is 0 Å². The molecule has 0 unspecified atom stereocenters. The molecule has 0 saturated heterocycles. The number of carbonyl (C=O) groups is 3. The molecule has 114 valence electrons. The van der Waals surface area contributed by atoms with Gasteiger partial charge in [0.1, 0.15) is 5.54 Å². The highest BCUT2D eigenvalue weighted by molar-refractivity contribution is 6.30. The van der Waals surface area contributed by atoms with E-state index in [1.165, 1.54) is 27.0 Å². The fourth-order valence-corrected chi connectivity index (χ4v) is 1.65. The van der Waals surface area contributed by atoms with Crippen LogP contribution >= 0.6 is 11.6 Å². The van der Waals surface area contributed by atoms with E-state index < -0.39 is 23.3 Å². The molecule has 0 aliphatic heterocycles. The number of benzene rings is 1. The fourth-order valence-electron chi connectivity index (χ4n) is 1.46. The topological polar surface area (TPSA) is 86.7 Å². The predicted molar refractivity (Wildman–Crippen MR) is 78.3 cm³/mol. The van der Waals surface area contributed by atoms with Gasteiger partial charge in [-0.1, -0.05) is 17.7 Å². The summed E-state index contributed by atoms with van der Waals surface area (Å²) in [5.74, 6) is -2.08. The molecule has 0 heterocycles. The van der Waals surface area contributed by atoms with E-state index in [0.29, 0.717) is 10.6 Å². The summed E-state index contributed by atoms with van der Waals surface area (Å²) in [4.78, 5) is 35.9. The zero-order valence-corrected chi connectivity index (χ0v) is 12.8. The van der Waals surface area contributed by atoms with Crippen LogP contribution in [0.3, 0.4) is 0 Å². The quantitative estimate of drug-likeness (QED) is 0.860. The van der Waals surface area contributed by atoms with Crippen LogP contribution in [0.4, 0.5) is 0 Å². The highest BCUT2D eigenvalue weighted by atomic mass is 35.5. The Bertz CT molecular complexity index is 572. The Kier molecular flexibility index (Phi) is 5.32. The number of carbonyl (C=O) groups excluding carboxylic acids is 2. The third-order valence-electron chi connectivity index (χ3n) is 3.22. The van der Waals surface area contributed by atoms with Crippen molar-refractivity contribution in [3.8, 4) is 0 Å². The van der Waals surface area contributed by atoms with Crippen molar-refractivity contribution in [2.24, 2.45) is 0 Å². The smallest absolute Gasteiger partial charge is 0.329 e. The molecule has 1 rings (SSSR count). The number of hydrogen-bond acceptors (Lipinski definition) is 3. The number of carboxylic acids is 1. The minimum atomic E-state index is -1.35. The summed E-state index contributed by atoms with van der Waals surface area (Å²) in [6.45, 7) is 2.52. The van der Waals surface area contributed by atoms with E-state index in [1.807, 2.05) is 0 Å². The average molecular weight is 313 g/mol. The van der Waals surface area contributed by atoms with Crippen LogP contribution < -0.4 is 5.32 Å². The lowest BCUT2D eigenvalue weighted by atomic mass is 10.0. The van der Waals surface area contributed by atoms with Gasteiger partial charge in [-0.05, 0) is 32.0 Å². The molecule has 0 atom stereocenters. The molecule has 0 saturated carbocycles. The van der Waals surface area contributed by atoms with Gasteiger partial charge in [0.2, 0.25) is 5.91 Å². The van der Waals surface area contributed by atoms with E-state index in [0.717, 1.165) is 4.90 Å². The molecule has 0 radical (unpaired) electrons. The van der Waals surface area contributed by atoms with E-state index in [4.69, 9.17) is 16.7 Å². The van der Waals surface area contributed by atoms with Gasteiger partial charge in [0.25, 0.3) is 5.91 Å². The lowest BCUT2D eigenvalue weighted by Gasteiger charge is -2.31. The van der Waals surface area contributed by atoms with Gasteiger partial charge in [-0.3, -0.25) is 9.59 Å². The Morgan fingerprint density at radius 2 is 1.95 bits per heavy atom. The molecule has 0 aliphatic rings.